The van der Waals surface area contributed by atoms with E-state index in [9.17, 15) is 14.0 Å². The molecule has 0 heterocycles. The molecule has 2 rings (SSSR count). The lowest BCUT2D eigenvalue weighted by Crippen LogP contribution is -2.25. The van der Waals surface area contributed by atoms with Crippen molar-refractivity contribution in [1.29, 1.82) is 0 Å². The number of ketones is 1. The first-order valence-electron chi connectivity index (χ1n) is 7.49. The second kappa shape index (κ2) is 7.25. The molecule has 0 radical (unpaired) electrons. The first-order valence-corrected chi connectivity index (χ1v) is 7.49. The molecule has 0 saturated carbocycles. The normalized spacial score (nSPS) is 11.7. The van der Waals surface area contributed by atoms with Crippen LogP contribution >= 0.6 is 0 Å². The third-order valence-electron chi connectivity index (χ3n) is 3.84. The number of rotatable bonds is 5. The molecule has 0 N–H and O–H groups in total. The molecular formula is C19H19FO4. The van der Waals surface area contributed by atoms with Crippen LogP contribution in [0.1, 0.15) is 38.8 Å². The van der Waals surface area contributed by atoms with Crippen LogP contribution in [0, 0.1) is 19.7 Å². The molecule has 0 saturated heterocycles. The van der Waals surface area contributed by atoms with Gasteiger partial charge in [0, 0.05) is 11.6 Å². The second-order valence-electron chi connectivity index (χ2n) is 5.56. The van der Waals surface area contributed by atoms with Crippen LogP contribution in [0.5, 0.6) is 5.75 Å². The number of benzene rings is 2. The molecule has 2 aromatic carbocycles. The van der Waals surface area contributed by atoms with E-state index in [1.807, 2.05) is 19.9 Å². The summed E-state index contributed by atoms with van der Waals surface area (Å²) in [6, 6.07) is 9.07. The standard InChI is InChI=1S/C19H19FO4/c1-11-5-6-14(9-12(11)2)18(21)13(3)24-19(22)16-8-7-15(23-4)10-17(16)20/h5-10,13H,1-4H3/t13-/m0/s1. The zero-order valence-corrected chi connectivity index (χ0v) is 14.1. The highest BCUT2D eigenvalue weighted by atomic mass is 19.1. The van der Waals surface area contributed by atoms with Crippen LogP contribution in [-0.4, -0.2) is 25.0 Å². The van der Waals surface area contributed by atoms with Gasteiger partial charge in [-0.25, -0.2) is 9.18 Å². The summed E-state index contributed by atoms with van der Waals surface area (Å²) >= 11 is 0. The van der Waals surface area contributed by atoms with Crippen molar-refractivity contribution in [2.24, 2.45) is 0 Å². The van der Waals surface area contributed by atoms with Crippen LogP contribution in [0.15, 0.2) is 36.4 Å². The Morgan fingerprint density at radius 3 is 2.33 bits per heavy atom. The summed E-state index contributed by atoms with van der Waals surface area (Å²) in [4.78, 5) is 24.4. The Morgan fingerprint density at radius 2 is 1.75 bits per heavy atom. The van der Waals surface area contributed by atoms with Gasteiger partial charge in [0.25, 0.3) is 0 Å². The average Bonchev–Trinajstić information content (AvgIpc) is 2.56. The maximum Gasteiger partial charge on any atom is 0.341 e. The van der Waals surface area contributed by atoms with Gasteiger partial charge in [0.1, 0.15) is 11.6 Å². The molecule has 0 unspecified atom stereocenters. The minimum absolute atomic E-state index is 0.240. The third-order valence-corrected chi connectivity index (χ3v) is 3.84. The summed E-state index contributed by atoms with van der Waals surface area (Å²) in [6.07, 6.45) is -1.01. The van der Waals surface area contributed by atoms with Gasteiger partial charge in [-0.3, -0.25) is 4.79 Å². The molecule has 0 spiro atoms. The number of carbonyl (C=O) groups is 2. The van der Waals surface area contributed by atoms with Crippen LogP contribution in [0.3, 0.4) is 0 Å². The molecule has 0 amide bonds. The van der Waals surface area contributed by atoms with E-state index in [1.54, 1.807) is 12.1 Å². The lowest BCUT2D eigenvalue weighted by Gasteiger charge is -2.14. The second-order valence-corrected chi connectivity index (χ2v) is 5.56. The van der Waals surface area contributed by atoms with Gasteiger partial charge in [0.05, 0.1) is 12.7 Å². The van der Waals surface area contributed by atoms with Gasteiger partial charge in [-0.1, -0.05) is 12.1 Å². The Hall–Kier alpha value is -2.69. The number of hydrogen-bond donors (Lipinski definition) is 0. The van der Waals surface area contributed by atoms with E-state index in [0.717, 1.165) is 17.2 Å². The van der Waals surface area contributed by atoms with E-state index in [2.05, 4.69) is 0 Å². The predicted molar refractivity (Wildman–Crippen MR) is 88.1 cm³/mol. The number of esters is 1. The van der Waals surface area contributed by atoms with E-state index in [1.165, 1.54) is 26.2 Å². The fourth-order valence-corrected chi connectivity index (χ4v) is 2.20. The topological polar surface area (TPSA) is 52.6 Å². The maximum atomic E-state index is 13.9. The minimum Gasteiger partial charge on any atom is -0.497 e. The van der Waals surface area contributed by atoms with E-state index < -0.39 is 17.9 Å². The first-order chi connectivity index (χ1) is 11.3. The van der Waals surface area contributed by atoms with Crippen molar-refractivity contribution >= 4 is 11.8 Å². The van der Waals surface area contributed by atoms with Gasteiger partial charge in [-0.05, 0) is 50.1 Å². The highest BCUT2D eigenvalue weighted by Crippen LogP contribution is 2.18. The summed E-state index contributed by atoms with van der Waals surface area (Å²) in [5, 5.41) is 0. The Morgan fingerprint density at radius 1 is 1.04 bits per heavy atom. The molecule has 0 aromatic heterocycles. The summed E-state index contributed by atoms with van der Waals surface area (Å²) in [6.45, 7) is 5.31. The van der Waals surface area contributed by atoms with E-state index in [4.69, 9.17) is 9.47 Å². The molecular weight excluding hydrogens is 311 g/mol. The third kappa shape index (κ3) is 3.79. The van der Waals surface area contributed by atoms with E-state index in [-0.39, 0.29) is 11.3 Å². The molecule has 0 aliphatic rings. The van der Waals surface area contributed by atoms with Crippen molar-refractivity contribution < 1.29 is 23.5 Å². The molecule has 4 nitrogen and oxygen atoms in total. The van der Waals surface area contributed by atoms with Gasteiger partial charge in [0.15, 0.2) is 6.10 Å². The van der Waals surface area contributed by atoms with Gasteiger partial charge in [0.2, 0.25) is 5.78 Å². The van der Waals surface area contributed by atoms with Crippen LogP contribution in [0.25, 0.3) is 0 Å². The SMILES string of the molecule is COc1ccc(C(=O)O[C@@H](C)C(=O)c2ccc(C)c(C)c2)c(F)c1. The number of carbonyl (C=O) groups excluding carboxylic acids is 2. The number of aryl methyl sites for hydroxylation is 2. The van der Waals surface area contributed by atoms with Crippen molar-refractivity contribution in [2.75, 3.05) is 7.11 Å². The Labute approximate surface area is 140 Å². The van der Waals surface area contributed by atoms with Gasteiger partial charge < -0.3 is 9.47 Å². The Bertz CT molecular complexity index is 783. The van der Waals surface area contributed by atoms with Crippen molar-refractivity contribution in [2.45, 2.75) is 26.9 Å². The van der Waals surface area contributed by atoms with Crippen molar-refractivity contribution in [3.8, 4) is 5.75 Å². The van der Waals surface area contributed by atoms with Crippen LogP contribution in [0.4, 0.5) is 4.39 Å². The van der Waals surface area contributed by atoms with E-state index in [0.29, 0.717) is 11.3 Å². The fourth-order valence-electron chi connectivity index (χ4n) is 2.20. The lowest BCUT2D eigenvalue weighted by atomic mass is 10.0. The Kier molecular flexibility index (Phi) is 5.34. The molecule has 0 aliphatic heterocycles. The maximum absolute atomic E-state index is 13.9. The highest BCUT2D eigenvalue weighted by molar-refractivity contribution is 6.01. The predicted octanol–water partition coefficient (Wildman–Crippen LogP) is 3.88. The van der Waals surface area contributed by atoms with Crippen LogP contribution in [-0.2, 0) is 4.74 Å². The van der Waals surface area contributed by atoms with E-state index >= 15 is 0 Å². The number of methoxy groups -OCH3 is 1. The summed E-state index contributed by atoms with van der Waals surface area (Å²) in [7, 11) is 1.40. The average molecular weight is 330 g/mol. The Balaban J connectivity index is 2.13. The number of ether oxygens (including phenoxy) is 2. The van der Waals surface area contributed by atoms with Gasteiger partial charge in [-0.2, -0.15) is 0 Å². The van der Waals surface area contributed by atoms with Crippen LogP contribution < -0.4 is 4.74 Å². The van der Waals surface area contributed by atoms with Crippen molar-refractivity contribution in [1.82, 2.24) is 0 Å². The molecule has 1 atom stereocenters. The fraction of sp³-hybridized carbons (Fsp3) is 0.263. The zero-order chi connectivity index (χ0) is 17.9. The molecule has 2 aromatic rings. The van der Waals surface area contributed by atoms with Gasteiger partial charge in [-0.15, -0.1) is 0 Å². The van der Waals surface area contributed by atoms with Crippen molar-refractivity contribution in [3.63, 3.8) is 0 Å². The number of hydrogen-bond acceptors (Lipinski definition) is 4. The summed E-state index contributed by atoms with van der Waals surface area (Å²) in [5.74, 6) is -1.69. The zero-order valence-electron chi connectivity index (χ0n) is 14.1. The van der Waals surface area contributed by atoms with Gasteiger partial charge >= 0.3 is 5.97 Å². The molecule has 5 heteroatoms. The summed E-state index contributed by atoms with van der Waals surface area (Å²) in [5.41, 5.74) is 2.25. The largest absolute Gasteiger partial charge is 0.497 e. The van der Waals surface area contributed by atoms with Crippen molar-refractivity contribution in [3.05, 3.63) is 64.5 Å². The van der Waals surface area contributed by atoms with Crippen LogP contribution in [0.2, 0.25) is 0 Å². The molecule has 0 bridgehead atoms. The number of halogens is 1. The monoisotopic (exact) mass is 330 g/mol. The minimum atomic E-state index is -1.01. The highest BCUT2D eigenvalue weighted by Gasteiger charge is 2.22. The molecule has 0 fully saturated rings. The molecule has 126 valence electrons. The quantitative estimate of drug-likeness (QED) is 0.617. The lowest BCUT2D eigenvalue weighted by molar-refractivity contribution is 0.0314. The number of Topliss-reactive ketones (excluding diaryl/α,β-unsaturated/α-hetero) is 1. The molecule has 24 heavy (non-hydrogen) atoms. The summed E-state index contributed by atoms with van der Waals surface area (Å²) < 4.78 is 23.9. The smallest absolute Gasteiger partial charge is 0.341 e. The molecule has 0 aliphatic carbocycles. The first kappa shape index (κ1) is 17.7.